The second kappa shape index (κ2) is 6.16. The highest BCUT2D eigenvalue weighted by atomic mass is 32.2. The number of thioether (sulfide) groups is 1. The van der Waals surface area contributed by atoms with E-state index in [-0.39, 0.29) is 17.9 Å². The Hall–Kier alpha value is -0.510. The van der Waals surface area contributed by atoms with Crippen LogP contribution in [0.25, 0.3) is 0 Å². The van der Waals surface area contributed by atoms with Crippen molar-refractivity contribution in [3.05, 3.63) is 35.4 Å². The maximum atomic E-state index is 8.91. The van der Waals surface area contributed by atoms with E-state index < -0.39 is 0 Å². The van der Waals surface area contributed by atoms with Crippen molar-refractivity contribution in [2.75, 3.05) is 12.4 Å². The SMILES string of the molecule is Cc1ccccc1C(N)CSC(C)CO. The van der Waals surface area contributed by atoms with Gasteiger partial charge in [-0.05, 0) is 18.1 Å². The van der Waals surface area contributed by atoms with Gasteiger partial charge in [-0.1, -0.05) is 31.2 Å². The summed E-state index contributed by atoms with van der Waals surface area (Å²) in [6.45, 7) is 4.30. The molecule has 0 aliphatic heterocycles. The molecule has 15 heavy (non-hydrogen) atoms. The van der Waals surface area contributed by atoms with Gasteiger partial charge in [-0.25, -0.2) is 0 Å². The number of aliphatic hydroxyl groups is 1. The molecule has 0 radical (unpaired) electrons. The minimum absolute atomic E-state index is 0.0604. The molecule has 1 aromatic carbocycles. The molecular weight excluding hydrogens is 206 g/mol. The number of nitrogens with two attached hydrogens (primary N) is 1. The molecule has 0 aliphatic carbocycles. The fraction of sp³-hybridized carbons (Fsp3) is 0.500. The first-order chi connectivity index (χ1) is 7.15. The van der Waals surface area contributed by atoms with Crippen molar-refractivity contribution < 1.29 is 5.11 Å². The van der Waals surface area contributed by atoms with Crippen LogP contribution in [0.15, 0.2) is 24.3 Å². The van der Waals surface area contributed by atoms with Gasteiger partial charge in [0.05, 0.1) is 6.61 Å². The summed E-state index contributed by atoms with van der Waals surface area (Å²) in [5.74, 6) is 0.854. The van der Waals surface area contributed by atoms with Crippen LogP contribution in [-0.2, 0) is 0 Å². The van der Waals surface area contributed by atoms with Crippen LogP contribution in [0.5, 0.6) is 0 Å². The average Bonchev–Trinajstić information content (AvgIpc) is 2.26. The van der Waals surface area contributed by atoms with E-state index in [9.17, 15) is 0 Å². The van der Waals surface area contributed by atoms with Crippen molar-refractivity contribution >= 4 is 11.8 Å². The molecule has 0 bridgehead atoms. The lowest BCUT2D eigenvalue weighted by Gasteiger charge is -2.16. The number of benzene rings is 1. The molecule has 2 unspecified atom stereocenters. The van der Waals surface area contributed by atoms with Gasteiger partial charge in [0, 0.05) is 17.0 Å². The monoisotopic (exact) mass is 225 g/mol. The molecule has 0 heterocycles. The predicted molar refractivity (Wildman–Crippen MR) is 67.1 cm³/mol. The zero-order chi connectivity index (χ0) is 11.3. The number of rotatable bonds is 5. The summed E-state index contributed by atoms with van der Waals surface area (Å²) in [6.07, 6.45) is 0. The van der Waals surface area contributed by atoms with Crippen molar-refractivity contribution in [2.45, 2.75) is 25.1 Å². The van der Waals surface area contributed by atoms with Crippen LogP contribution in [-0.4, -0.2) is 22.7 Å². The third kappa shape index (κ3) is 3.86. The molecule has 0 saturated heterocycles. The Labute approximate surface area is 95.9 Å². The summed E-state index contributed by atoms with van der Waals surface area (Å²) in [7, 11) is 0. The van der Waals surface area contributed by atoms with E-state index in [2.05, 4.69) is 19.1 Å². The first-order valence-corrected chi connectivity index (χ1v) is 6.23. The highest BCUT2D eigenvalue weighted by Crippen LogP contribution is 2.21. The minimum atomic E-state index is 0.0604. The molecule has 1 aromatic rings. The van der Waals surface area contributed by atoms with Crippen LogP contribution in [0, 0.1) is 6.92 Å². The summed E-state index contributed by atoms with van der Waals surface area (Å²) in [5, 5.41) is 9.18. The van der Waals surface area contributed by atoms with E-state index in [0.29, 0.717) is 0 Å². The Kier molecular flexibility index (Phi) is 5.15. The van der Waals surface area contributed by atoms with Gasteiger partial charge in [-0.3, -0.25) is 0 Å². The minimum Gasteiger partial charge on any atom is -0.395 e. The Morgan fingerprint density at radius 1 is 1.40 bits per heavy atom. The van der Waals surface area contributed by atoms with Gasteiger partial charge in [-0.15, -0.1) is 0 Å². The largest absolute Gasteiger partial charge is 0.395 e. The fourth-order valence-corrected chi connectivity index (χ4v) is 2.23. The van der Waals surface area contributed by atoms with Crippen molar-refractivity contribution in [3.8, 4) is 0 Å². The standard InChI is InChI=1S/C12H19NOS/c1-9-5-3-4-6-11(9)12(13)8-15-10(2)7-14/h3-6,10,12,14H,7-8,13H2,1-2H3. The summed E-state index contributed by atoms with van der Waals surface area (Å²) >= 11 is 1.71. The van der Waals surface area contributed by atoms with E-state index >= 15 is 0 Å². The molecule has 0 saturated carbocycles. The second-order valence-corrected chi connectivity index (χ2v) is 5.26. The van der Waals surface area contributed by atoms with Crippen LogP contribution in [0.1, 0.15) is 24.1 Å². The predicted octanol–water partition coefficient (Wildman–Crippen LogP) is 2.11. The van der Waals surface area contributed by atoms with Gasteiger partial charge < -0.3 is 10.8 Å². The van der Waals surface area contributed by atoms with Crippen LogP contribution < -0.4 is 5.73 Å². The summed E-state index contributed by atoms with van der Waals surface area (Å²) in [6, 6.07) is 8.25. The third-order valence-electron chi connectivity index (χ3n) is 2.41. The highest BCUT2D eigenvalue weighted by molar-refractivity contribution is 7.99. The number of aryl methyl sites for hydroxylation is 1. The van der Waals surface area contributed by atoms with E-state index in [0.717, 1.165) is 5.75 Å². The second-order valence-electron chi connectivity index (χ2n) is 3.79. The zero-order valence-corrected chi connectivity index (χ0v) is 10.1. The molecule has 2 nitrogen and oxygen atoms in total. The van der Waals surface area contributed by atoms with Gasteiger partial charge in [0.25, 0.3) is 0 Å². The fourth-order valence-electron chi connectivity index (χ4n) is 1.41. The van der Waals surface area contributed by atoms with Crippen LogP contribution in [0.4, 0.5) is 0 Å². The average molecular weight is 225 g/mol. The van der Waals surface area contributed by atoms with E-state index in [1.807, 2.05) is 19.1 Å². The molecule has 0 spiro atoms. The lowest BCUT2D eigenvalue weighted by Crippen LogP contribution is -2.16. The van der Waals surface area contributed by atoms with Crippen molar-refractivity contribution in [3.63, 3.8) is 0 Å². The van der Waals surface area contributed by atoms with E-state index in [1.54, 1.807) is 11.8 Å². The normalized spacial score (nSPS) is 14.9. The van der Waals surface area contributed by atoms with Crippen molar-refractivity contribution in [1.29, 1.82) is 0 Å². The molecule has 1 rings (SSSR count). The quantitative estimate of drug-likeness (QED) is 0.807. The van der Waals surface area contributed by atoms with Gasteiger partial charge in [0.1, 0.15) is 0 Å². The topological polar surface area (TPSA) is 46.2 Å². The number of hydrogen-bond acceptors (Lipinski definition) is 3. The van der Waals surface area contributed by atoms with Crippen molar-refractivity contribution in [2.24, 2.45) is 5.73 Å². The first kappa shape index (κ1) is 12.6. The molecule has 0 fully saturated rings. The molecule has 3 N–H and O–H groups in total. The number of aliphatic hydroxyl groups excluding tert-OH is 1. The summed E-state index contributed by atoms with van der Waals surface area (Å²) in [4.78, 5) is 0. The van der Waals surface area contributed by atoms with Gasteiger partial charge >= 0.3 is 0 Å². The van der Waals surface area contributed by atoms with Gasteiger partial charge in [0.2, 0.25) is 0 Å². The molecule has 0 aliphatic rings. The Morgan fingerprint density at radius 3 is 2.67 bits per heavy atom. The van der Waals surface area contributed by atoms with Crippen LogP contribution >= 0.6 is 11.8 Å². The molecular formula is C12H19NOS. The first-order valence-electron chi connectivity index (χ1n) is 5.18. The maximum absolute atomic E-state index is 8.91. The maximum Gasteiger partial charge on any atom is 0.0547 e. The highest BCUT2D eigenvalue weighted by Gasteiger charge is 2.10. The number of hydrogen-bond donors (Lipinski definition) is 2. The third-order valence-corrected chi connectivity index (χ3v) is 3.68. The Bertz CT molecular complexity index is 303. The van der Waals surface area contributed by atoms with Crippen LogP contribution in [0.2, 0.25) is 0 Å². The molecule has 84 valence electrons. The lowest BCUT2D eigenvalue weighted by molar-refractivity contribution is 0.300. The van der Waals surface area contributed by atoms with Crippen LogP contribution in [0.3, 0.4) is 0 Å². The van der Waals surface area contributed by atoms with E-state index in [1.165, 1.54) is 11.1 Å². The zero-order valence-electron chi connectivity index (χ0n) is 9.31. The Morgan fingerprint density at radius 2 is 2.07 bits per heavy atom. The smallest absolute Gasteiger partial charge is 0.0547 e. The lowest BCUT2D eigenvalue weighted by atomic mass is 10.0. The van der Waals surface area contributed by atoms with Crippen molar-refractivity contribution in [1.82, 2.24) is 0 Å². The summed E-state index contributed by atoms with van der Waals surface area (Å²) in [5.41, 5.74) is 8.54. The molecule has 0 aromatic heterocycles. The molecule has 2 atom stereocenters. The molecule has 3 heteroatoms. The molecule has 0 amide bonds. The Balaban J connectivity index is 2.54. The van der Waals surface area contributed by atoms with Gasteiger partial charge in [0.15, 0.2) is 0 Å². The van der Waals surface area contributed by atoms with E-state index in [4.69, 9.17) is 10.8 Å². The van der Waals surface area contributed by atoms with Gasteiger partial charge in [-0.2, -0.15) is 11.8 Å². The summed E-state index contributed by atoms with van der Waals surface area (Å²) < 4.78 is 0.